The lowest BCUT2D eigenvalue weighted by Gasteiger charge is -2.19. The van der Waals surface area contributed by atoms with Crippen molar-refractivity contribution in [3.63, 3.8) is 0 Å². The first-order chi connectivity index (χ1) is 10.6. The zero-order valence-corrected chi connectivity index (χ0v) is 15.3. The van der Waals surface area contributed by atoms with Crippen molar-refractivity contribution in [2.75, 3.05) is 0 Å². The predicted octanol–water partition coefficient (Wildman–Crippen LogP) is 3.32. The highest BCUT2D eigenvalue weighted by atomic mass is 35.5. The summed E-state index contributed by atoms with van der Waals surface area (Å²) in [6.07, 6.45) is 0. The minimum absolute atomic E-state index is 0.0188. The monoisotopic (exact) mass is 372 g/mol. The van der Waals surface area contributed by atoms with Crippen LogP contribution in [0.15, 0.2) is 40.6 Å². The molecule has 0 saturated heterocycles. The molecular weight excluding hydrogens is 356 g/mol. The van der Waals surface area contributed by atoms with Crippen molar-refractivity contribution in [2.24, 2.45) is 0 Å². The SMILES string of the molecule is CC(C)(C)c1ccc(C(=O)NNS(=O)(=O)c2ccc(Cl)s2)cc1. The number of nitrogens with one attached hydrogen (secondary N) is 2. The number of sulfonamides is 1. The van der Waals surface area contributed by atoms with Gasteiger partial charge in [0.1, 0.15) is 4.21 Å². The number of benzene rings is 1. The summed E-state index contributed by atoms with van der Waals surface area (Å²) in [4.78, 5) is 14.1. The van der Waals surface area contributed by atoms with E-state index >= 15 is 0 Å². The third-order valence-corrected chi connectivity index (χ3v) is 6.10. The lowest BCUT2D eigenvalue weighted by molar-refractivity contribution is 0.0945. The van der Waals surface area contributed by atoms with Gasteiger partial charge in [-0.3, -0.25) is 10.2 Å². The Balaban J connectivity index is 2.05. The molecule has 0 atom stereocenters. The predicted molar refractivity (Wildman–Crippen MR) is 92.3 cm³/mol. The molecule has 5 nitrogen and oxygen atoms in total. The van der Waals surface area contributed by atoms with Gasteiger partial charge >= 0.3 is 0 Å². The number of hydrogen-bond acceptors (Lipinski definition) is 4. The van der Waals surface area contributed by atoms with Gasteiger partial charge in [-0.15, -0.1) is 16.2 Å². The zero-order chi connectivity index (χ0) is 17.3. The molecule has 1 heterocycles. The maximum Gasteiger partial charge on any atom is 0.266 e. The Kier molecular flexibility index (Phi) is 5.15. The molecule has 1 amide bonds. The molecule has 2 aromatic rings. The van der Waals surface area contributed by atoms with E-state index in [1.165, 1.54) is 12.1 Å². The highest BCUT2D eigenvalue weighted by molar-refractivity contribution is 7.91. The van der Waals surface area contributed by atoms with Crippen molar-refractivity contribution in [3.8, 4) is 0 Å². The van der Waals surface area contributed by atoms with Gasteiger partial charge in [0.2, 0.25) is 0 Å². The molecule has 8 heteroatoms. The molecule has 1 aromatic heterocycles. The number of hydrogen-bond donors (Lipinski definition) is 2. The van der Waals surface area contributed by atoms with E-state index in [1.54, 1.807) is 12.1 Å². The summed E-state index contributed by atoms with van der Waals surface area (Å²) in [6, 6.07) is 9.87. The molecule has 124 valence electrons. The first kappa shape index (κ1) is 17.9. The molecular formula is C15H17ClN2O3S2. The molecule has 0 aliphatic rings. The fourth-order valence-corrected chi connectivity index (χ4v) is 4.12. The molecule has 0 unspecified atom stereocenters. The Hall–Kier alpha value is -1.41. The van der Waals surface area contributed by atoms with E-state index in [2.05, 4.69) is 31.0 Å². The minimum Gasteiger partial charge on any atom is -0.273 e. The summed E-state index contributed by atoms with van der Waals surface area (Å²) in [5, 5.41) is 0. The average molecular weight is 373 g/mol. The van der Waals surface area contributed by atoms with Gasteiger partial charge in [0, 0.05) is 5.56 Å². The van der Waals surface area contributed by atoms with Crippen LogP contribution in [0.5, 0.6) is 0 Å². The molecule has 0 aliphatic carbocycles. The molecule has 0 aliphatic heterocycles. The highest BCUT2D eigenvalue weighted by Gasteiger charge is 2.18. The van der Waals surface area contributed by atoms with Gasteiger partial charge < -0.3 is 0 Å². The number of hydrazine groups is 1. The number of halogens is 1. The Morgan fingerprint density at radius 3 is 2.17 bits per heavy atom. The van der Waals surface area contributed by atoms with Gasteiger partial charge in [-0.05, 0) is 35.2 Å². The van der Waals surface area contributed by atoms with Gasteiger partial charge in [-0.25, -0.2) is 8.42 Å². The van der Waals surface area contributed by atoms with E-state index in [9.17, 15) is 13.2 Å². The number of carbonyl (C=O) groups is 1. The molecule has 23 heavy (non-hydrogen) atoms. The molecule has 0 saturated carbocycles. The van der Waals surface area contributed by atoms with E-state index in [4.69, 9.17) is 11.6 Å². The smallest absolute Gasteiger partial charge is 0.266 e. The number of amides is 1. The van der Waals surface area contributed by atoms with Crippen molar-refractivity contribution in [3.05, 3.63) is 51.9 Å². The van der Waals surface area contributed by atoms with Crippen LogP contribution in [0, 0.1) is 0 Å². The Labute approximate surface area is 144 Å². The number of rotatable bonds is 4. The standard InChI is InChI=1S/C15H17ClN2O3S2/c1-15(2,3)11-6-4-10(5-7-11)14(19)17-18-23(20,21)13-9-8-12(16)22-13/h4-9,18H,1-3H3,(H,17,19). The van der Waals surface area contributed by atoms with Gasteiger partial charge in [0.25, 0.3) is 15.9 Å². The topological polar surface area (TPSA) is 75.3 Å². The van der Waals surface area contributed by atoms with Crippen LogP contribution in [-0.4, -0.2) is 14.3 Å². The quantitative estimate of drug-likeness (QED) is 0.808. The molecule has 0 radical (unpaired) electrons. The van der Waals surface area contributed by atoms with E-state index < -0.39 is 15.9 Å². The molecule has 1 aromatic carbocycles. The maximum atomic E-state index is 12.0. The third-order valence-electron chi connectivity index (χ3n) is 3.13. The molecule has 2 rings (SSSR count). The van der Waals surface area contributed by atoms with Gasteiger partial charge in [-0.1, -0.05) is 44.5 Å². The second-order valence-electron chi connectivity index (χ2n) is 5.95. The molecule has 0 fully saturated rings. The second-order valence-corrected chi connectivity index (χ2v) is 9.57. The van der Waals surface area contributed by atoms with E-state index in [0.717, 1.165) is 16.9 Å². The van der Waals surface area contributed by atoms with Crippen molar-refractivity contribution in [1.82, 2.24) is 10.3 Å². The highest BCUT2D eigenvalue weighted by Crippen LogP contribution is 2.25. The number of carbonyl (C=O) groups excluding carboxylic acids is 1. The summed E-state index contributed by atoms with van der Waals surface area (Å²) in [7, 11) is -3.82. The zero-order valence-electron chi connectivity index (χ0n) is 12.9. The summed E-state index contributed by atoms with van der Waals surface area (Å²) in [5.74, 6) is -0.531. The summed E-state index contributed by atoms with van der Waals surface area (Å²) in [5.41, 5.74) is 3.62. The normalized spacial score (nSPS) is 12.2. The number of thiophene rings is 1. The lowest BCUT2D eigenvalue weighted by atomic mass is 9.87. The summed E-state index contributed by atoms with van der Waals surface area (Å²) >= 11 is 6.63. The minimum atomic E-state index is -3.82. The first-order valence-corrected chi connectivity index (χ1v) is 9.45. The van der Waals surface area contributed by atoms with E-state index in [-0.39, 0.29) is 9.62 Å². The summed E-state index contributed by atoms with van der Waals surface area (Å²) in [6.45, 7) is 6.22. The molecule has 0 spiro atoms. The van der Waals surface area contributed by atoms with Crippen LogP contribution in [0.1, 0.15) is 36.7 Å². The van der Waals surface area contributed by atoms with E-state index in [0.29, 0.717) is 9.90 Å². The van der Waals surface area contributed by atoms with Gasteiger partial charge in [-0.2, -0.15) is 0 Å². The molecule has 2 N–H and O–H groups in total. The van der Waals surface area contributed by atoms with Crippen molar-refractivity contribution in [1.29, 1.82) is 0 Å². The molecule has 0 bridgehead atoms. The Morgan fingerprint density at radius 1 is 1.09 bits per heavy atom. The summed E-state index contributed by atoms with van der Waals surface area (Å²) < 4.78 is 24.4. The first-order valence-electron chi connectivity index (χ1n) is 6.77. The Morgan fingerprint density at radius 2 is 1.70 bits per heavy atom. The average Bonchev–Trinajstić information content (AvgIpc) is 2.91. The van der Waals surface area contributed by atoms with Crippen molar-refractivity contribution in [2.45, 2.75) is 30.4 Å². The Bertz CT molecular complexity index is 806. The fourth-order valence-electron chi connectivity index (χ4n) is 1.80. The van der Waals surface area contributed by atoms with Gasteiger partial charge in [0.15, 0.2) is 0 Å². The third kappa shape index (κ3) is 4.54. The second kappa shape index (κ2) is 6.60. The van der Waals surface area contributed by atoms with Crippen LogP contribution in [-0.2, 0) is 15.4 Å². The lowest BCUT2D eigenvalue weighted by Crippen LogP contribution is -2.41. The largest absolute Gasteiger partial charge is 0.273 e. The van der Waals surface area contributed by atoms with Crippen molar-refractivity contribution >= 4 is 38.9 Å². The van der Waals surface area contributed by atoms with Crippen LogP contribution in [0.2, 0.25) is 4.34 Å². The van der Waals surface area contributed by atoms with Crippen molar-refractivity contribution < 1.29 is 13.2 Å². The van der Waals surface area contributed by atoms with Crippen LogP contribution < -0.4 is 10.3 Å². The van der Waals surface area contributed by atoms with Crippen LogP contribution in [0.25, 0.3) is 0 Å². The maximum absolute atomic E-state index is 12.0. The van der Waals surface area contributed by atoms with Gasteiger partial charge in [0.05, 0.1) is 4.34 Å². The van der Waals surface area contributed by atoms with E-state index in [1.807, 2.05) is 12.1 Å². The van der Waals surface area contributed by atoms with Crippen LogP contribution >= 0.6 is 22.9 Å². The van der Waals surface area contributed by atoms with Crippen LogP contribution in [0.3, 0.4) is 0 Å². The van der Waals surface area contributed by atoms with Crippen LogP contribution in [0.4, 0.5) is 0 Å². The fraction of sp³-hybridized carbons (Fsp3) is 0.267.